The Hall–Kier alpha value is -0.870. The molecule has 0 saturated carbocycles. The molecule has 0 aromatic carbocycles. The summed E-state index contributed by atoms with van der Waals surface area (Å²) in [6, 6.07) is 0.184. The average molecular weight is 228 g/mol. The van der Waals surface area contributed by atoms with Gasteiger partial charge in [-0.3, -0.25) is 4.79 Å². The number of ether oxygens (including phenoxy) is 1. The van der Waals surface area contributed by atoms with E-state index in [1.54, 1.807) is 19.0 Å². The lowest BCUT2D eigenvalue weighted by Gasteiger charge is -2.16. The molecule has 1 amide bonds. The van der Waals surface area contributed by atoms with Gasteiger partial charge in [0, 0.05) is 33.1 Å². The molecule has 16 heavy (non-hydrogen) atoms. The van der Waals surface area contributed by atoms with Gasteiger partial charge in [0.1, 0.15) is 0 Å². The molecule has 0 aromatic rings. The van der Waals surface area contributed by atoms with Crippen molar-refractivity contribution in [2.75, 3.05) is 33.9 Å². The minimum absolute atomic E-state index is 0.142. The van der Waals surface area contributed by atoms with Crippen LogP contribution in [0.1, 0.15) is 20.3 Å². The van der Waals surface area contributed by atoms with Crippen molar-refractivity contribution in [3.8, 4) is 0 Å². The second-order valence-corrected chi connectivity index (χ2v) is 4.36. The third-order valence-corrected chi connectivity index (χ3v) is 2.07. The Bertz CT molecular complexity index is 227. The van der Waals surface area contributed by atoms with E-state index >= 15 is 0 Å². The Labute approximate surface area is 98.6 Å². The van der Waals surface area contributed by atoms with Crippen molar-refractivity contribution < 1.29 is 9.53 Å². The van der Waals surface area contributed by atoms with Gasteiger partial charge in [0.15, 0.2) is 0 Å². The topological polar surface area (TPSA) is 41.6 Å². The fourth-order valence-corrected chi connectivity index (χ4v) is 1.14. The summed E-state index contributed by atoms with van der Waals surface area (Å²) in [5.74, 6) is 0.142. The standard InChI is InChI=1S/C12H24N2O2/c1-10(2)9-16-7-6-13-11(3)8-12(15)14(4)5/h11,13H,1,6-9H2,2-5H3. The lowest BCUT2D eigenvalue weighted by molar-refractivity contribution is -0.129. The number of amides is 1. The Morgan fingerprint density at radius 2 is 2.12 bits per heavy atom. The van der Waals surface area contributed by atoms with Gasteiger partial charge >= 0.3 is 0 Å². The van der Waals surface area contributed by atoms with Crippen molar-refractivity contribution >= 4 is 5.91 Å². The largest absolute Gasteiger partial charge is 0.376 e. The summed E-state index contributed by atoms with van der Waals surface area (Å²) >= 11 is 0. The minimum atomic E-state index is 0.142. The third kappa shape index (κ3) is 8.44. The van der Waals surface area contributed by atoms with Gasteiger partial charge in [0.25, 0.3) is 0 Å². The van der Waals surface area contributed by atoms with E-state index in [4.69, 9.17) is 4.74 Å². The molecule has 4 heteroatoms. The summed E-state index contributed by atoms with van der Waals surface area (Å²) in [4.78, 5) is 13.0. The van der Waals surface area contributed by atoms with Gasteiger partial charge in [-0.1, -0.05) is 12.2 Å². The summed E-state index contributed by atoms with van der Waals surface area (Å²) in [7, 11) is 3.54. The fourth-order valence-electron chi connectivity index (χ4n) is 1.14. The Morgan fingerprint density at radius 1 is 1.50 bits per heavy atom. The minimum Gasteiger partial charge on any atom is -0.376 e. The number of nitrogens with one attached hydrogen (secondary N) is 1. The number of nitrogens with zero attached hydrogens (tertiary/aromatic N) is 1. The van der Waals surface area contributed by atoms with E-state index < -0.39 is 0 Å². The summed E-state index contributed by atoms with van der Waals surface area (Å²) in [6.07, 6.45) is 0.521. The van der Waals surface area contributed by atoms with Crippen molar-refractivity contribution in [2.45, 2.75) is 26.3 Å². The lowest BCUT2D eigenvalue weighted by atomic mass is 10.2. The average Bonchev–Trinajstić information content (AvgIpc) is 2.16. The maximum absolute atomic E-state index is 11.4. The van der Waals surface area contributed by atoms with Gasteiger partial charge < -0.3 is 15.0 Å². The molecular formula is C12H24N2O2. The van der Waals surface area contributed by atoms with Gasteiger partial charge in [-0.2, -0.15) is 0 Å². The van der Waals surface area contributed by atoms with Crippen LogP contribution in [0.15, 0.2) is 12.2 Å². The normalized spacial score (nSPS) is 12.2. The fraction of sp³-hybridized carbons (Fsp3) is 0.750. The van der Waals surface area contributed by atoms with Crippen LogP contribution in [-0.4, -0.2) is 50.7 Å². The first-order valence-electron chi connectivity index (χ1n) is 5.59. The zero-order chi connectivity index (χ0) is 12.6. The van der Waals surface area contributed by atoms with E-state index in [-0.39, 0.29) is 11.9 Å². The summed E-state index contributed by atoms with van der Waals surface area (Å²) < 4.78 is 5.34. The molecule has 1 atom stereocenters. The number of carbonyl (C=O) groups excluding carboxylic acids is 1. The van der Waals surface area contributed by atoms with Gasteiger partial charge in [0.2, 0.25) is 5.91 Å². The first-order chi connectivity index (χ1) is 7.43. The SMILES string of the molecule is C=C(C)COCCNC(C)CC(=O)N(C)C. The first-order valence-corrected chi connectivity index (χ1v) is 5.59. The second-order valence-electron chi connectivity index (χ2n) is 4.36. The molecule has 0 aliphatic rings. The molecule has 0 fully saturated rings. The predicted octanol–water partition coefficient (Wildman–Crippen LogP) is 1.04. The second kappa shape index (κ2) is 8.30. The van der Waals surface area contributed by atoms with E-state index in [2.05, 4.69) is 11.9 Å². The number of carbonyl (C=O) groups is 1. The molecule has 0 spiro atoms. The Balaban J connectivity index is 3.47. The van der Waals surface area contributed by atoms with Crippen molar-refractivity contribution in [1.29, 1.82) is 0 Å². The Morgan fingerprint density at radius 3 is 2.62 bits per heavy atom. The highest BCUT2D eigenvalue weighted by Crippen LogP contribution is 1.94. The summed E-state index contributed by atoms with van der Waals surface area (Å²) in [6.45, 7) is 9.70. The molecule has 0 bridgehead atoms. The maximum atomic E-state index is 11.4. The van der Waals surface area contributed by atoms with Crippen LogP contribution >= 0.6 is 0 Å². The quantitative estimate of drug-likeness (QED) is 0.498. The third-order valence-electron chi connectivity index (χ3n) is 2.07. The molecule has 0 heterocycles. The lowest BCUT2D eigenvalue weighted by Crippen LogP contribution is -2.35. The number of hydrogen-bond acceptors (Lipinski definition) is 3. The molecule has 0 aromatic heterocycles. The molecule has 0 saturated heterocycles. The number of hydrogen-bond donors (Lipinski definition) is 1. The molecule has 1 N–H and O–H groups in total. The molecule has 94 valence electrons. The molecule has 0 aliphatic carbocycles. The van der Waals surface area contributed by atoms with Crippen molar-refractivity contribution in [2.24, 2.45) is 0 Å². The highest BCUT2D eigenvalue weighted by atomic mass is 16.5. The van der Waals surface area contributed by atoms with Crippen LogP contribution in [0.25, 0.3) is 0 Å². The number of rotatable bonds is 8. The van der Waals surface area contributed by atoms with Crippen LogP contribution in [-0.2, 0) is 9.53 Å². The van der Waals surface area contributed by atoms with Gasteiger partial charge in [-0.15, -0.1) is 0 Å². The summed E-state index contributed by atoms with van der Waals surface area (Å²) in [5, 5.41) is 3.24. The highest BCUT2D eigenvalue weighted by molar-refractivity contribution is 5.76. The monoisotopic (exact) mass is 228 g/mol. The molecule has 0 radical (unpaired) electrons. The van der Waals surface area contributed by atoms with E-state index in [0.29, 0.717) is 19.6 Å². The van der Waals surface area contributed by atoms with Crippen LogP contribution in [0.3, 0.4) is 0 Å². The zero-order valence-electron chi connectivity index (χ0n) is 10.9. The molecule has 1 unspecified atom stereocenters. The smallest absolute Gasteiger partial charge is 0.223 e. The molecular weight excluding hydrogens is 204 g/mol. The van der Waals surface area contributed by atoms with E-state index in [9.17, 15) is 4.79 Å². The highest BCUT2D eigenvalue weighted by Gasteiger charge is 2.09. The van der Waals surface area contributed by atoms with Crippen LogP contribution in [0.4, 0.5) is 0 Å². The van der Waals surface area contributed by atoms with Crippen LogP contribution in [0.2, 0.25) is 0 Å². The van der Waals surface area contributed by atoms with Crippen molar-refractivity contribution in [1.82, 2.24) is 10.2 Å². The molecule has 4 nitrogen and oxygen atoms in total. The molecule has 0 aliphatic heterocycles. The van der Waals surface area contributed by atoms with Crippen molar-refractivity contribution in [3.05, 3.63) is 12.2 Å². The zero-order valence-corrected chi connectivity index (χ0v) is 10.9. The van der Waals surface area contributed by atoms with Gasteiger partial charge in [-0.05, 0) is 13.8 Å². The van der Waals surface area contributed by atoms with Gasteiger partial charge in [-0.25, -0.2) is 0 Å². The first kappa shape index (κ1) is 15.1. The van der Waals surface area contributed by atoms with Crippen molar-refractivity contribution in [3.63, 3.8) is 0 Å². The maximum Gasteiger partial charge on any atom is 0.223 e. The summed E-state index contributed by atoms with van der Waals surface area (Å²) in [5.41, 5.74) is 1.02. The van der Waals surface area contributed by atoms with Crippen LogP contribution < -0.4 is 5.32 Å². The van der Waals surface area contributed by atoms with E-state index in [0.717, 1.165) is 12.1 Å². The van der Waals surface area contributed by atoms with Crippen LogP contribution in [0.5, 0.6) is 0 Å². The van der Waals surface area contributed by atoms with E-state index in [1.165, 1.54) is 0 Å². The predicted molar refractivity (Wildman–Crippen MR) is 66.4 cm³/mol. The Kier molecular flexibility index (Phi) is 7.85. The molecule has 0 rings (SSSR count). The van der Waals surface area contributed by atoms with E-state index in [1.807, 2.05) is 13.8 Å². The van der Waals surface area contributed by atoms with Crippen LogP contribution in [0, 0.1) is 0 Å². The van der Waals surface area contributed by atoms with Gasteiger partial charge in [0.05, 0.1) is 13.2 Å².